The van der Waals surface area contributed by atoms with Crippen LogP contribution >= 0.6 is 58.0 Å². The Bertz CT molecular complexity index is 3150. The molecule has 332 valence electrons. The lowest BCUT2D eigenvalue weighted by Gasteiger charge is -2.09. The molecule has 8 aromatic carbocycles. The fourth-order valence-electron chi connectivity index (χ4n) is 6.80. The monoisotopic (exact) mass is 986 g/mol. The number of nitrogens with zero attached hydrogens (tertiary/aromatic N) is 6. The topological polar surface area (TPSA) is 118 Å². The Kier molecular flexibility index (Phi) is 16.0. The molecule has 0 saturated heterocycles. The zero-order chi connectivity index (χ0) is 47.4. The van der Waals surface area contributed by atoms with Crippen molar-refractivity contribution in [1.82, 2.24) is 29.9 Å². The van der Waals surface area contributed by atoms with Crippen molar-refractivity contribution in [2.75, 3.05) is 0 Å². The minimum absolute atomic E-state index is 0.120. The van der Waals surface area contributed by atoms with Crippen LogP contribution in [0.2, 0.25) is 25.4 Å². The number of halogens is 5. The highest BCUT2D eigenvalue weighted by Gasteiger charge is 2.14. The lowest BCUT2D eigenvalue weighted by atomic mass is 9.80. The SMILES string of the molecule is Clc1cccc(-c2nc(-c3ccc(-c4ccccc4)cc3)nc(-c3cccc(Cl)c3)n2)c1.Clc1cccc(-c2nc(Cl)nc(-c3cccc(Cl)c3)n2)c1.OB(O)c1ccc(-c2ccccc2)cc1. The van der Waals surface area contributed by atoms with E-state index >= 15 is 0 Å². The molecule has 10 aromatic rings. The van der Waals surface area contributed by atoms with E-state index in [0.29, 0.717) is 54.7 Å². The summed E-state index contributed by atoms with van der Waals surface area (Å²) in [4.78, 5) is 26.9. The average Bonchev–Trinajstić information content (AvgIpc) is 3.37. The van der Waals surface area contributed by atoms with Gasteiger partial charge in [0.1, 0.15) is 0 Å². The molecule has 2 N–H and O–H groups in total. The third-order valence-corrected chi connectivity index (χ3v) is 11.3. The normalized spacial score (nSPS) is 10.6. The largest absolute Gasteiger partial charge is 0.488 e. The van der Waals surface area contributed by atoms with Gasteiger partial charge in [-0.25, -0.2) is 19.9 Å². The minimum Gasteiger partial charge on any atom is -0.423 e. The molecule has 14 heteroatoms. The van der Waals surface area contributed by atoms with E-state index in [-0.39, 0.29) is 5.28 Å². The Balaban J connectivity index is 0.000000149. The second kappa shape index (κ2) is 22.8. The quantitative estimate of drug-likeness (QED) is 0.145. The fourth-order valence-corrected chi connectivity index (χ4v) is 7.72. The predicted molar refractivity (Wildman–Crippen MR) is 279 cm³/mol. The van der Waals surface area contributed by atoms with Crippen LogP contribution in [-0.4, -0.2) is 47.1 Å². The highest BCUT2D eigenvalue weighted by Crippen LogP contribution is 2.30. The molecular weight excluding hydrogens is 953 g/mol. The molecule has 0 fully saturated rings. The van der Waals surface area contributed by atoms with Gasteiger partial charge in [0.05, 0.1) is 0 Å². The van der Waals surface area contributed by atoms with Crippen molar-refractivity contribution in [3.8, 4) is 79.2 Å². The van der Waals surface area contributed by atoms with Gasteiger partial charge in [0.15, 0.2) is 29.1 Å². The Morgan fingerprint density at radius 2 is 0.529 bits per heavy atom. The van der Waals surface area contributed by atoms with Crippen molar-refractivity contribution in [2.45, 2.75) is 0 Å². The number of rotatable bonds is 8. The smallest absolute Gasteiger partial charge is 0.423 e. The molecule has 10 rings (SSSR count). The van der Waals surface area contributed by atoms with Crippen LogP contribution in [0.1, 0.15) is 0 Å². The Labute approximate surface area is 418 Å². The van der Waals surface area contributed by atoms with Crippen LogP contribution in [0, 0.1) is 0 Å². The average molecular weight is 989 g/mol. The van der Waals surface area contributed by atoms with Crippen LogP contribution in [0.25, 0.3) is 79.2 Å². The number of benzene rings is 8. The summed E-state index contributed by atoms with van der Waals surface area (Å²) in [5.74, 6) is 2.63. The van der Waals surface area contributed by atoms with Gasteiger partial charge in [-0.2, -0.15) is 9.97 Å². The van der Waals surface area contributed by atoms with Crippen LogP contribution in [-0.2, 0) is 0 Å². The van der Waals surface area contributed by atoms with Gasteiger partial charge >= 0.3 is 7.12 Å². The summed E-state index contributed by atoms with van der Waals surface area (Å²) in [6.45, 7) is 0. The van der Waals surface area contributed by atoms with Crippen molar-refractivity contribution in [3.63, 3.8) is 0 Å². The van der Waals surface area contributed by atoms with Gasteiger partial charge in [-0.3, -0.25) is 0 Å². The van der Waals surface area contributed by atoms with Crippen molar-refractivity contribution in [2.24, 2.45) is 0 Å². The maximum atomic E-state index is 8.94. The van der Waals surface area contributed by atoms with Gasteiger partial charge in [-0.1, -0.05) is 204 Å². The van der Waals surface area contributed by atoms with E-state index in [1.807, 2.05) is 146 Å². The number of hydrogen-bond donors (Lipinski definition) is 2. The fraction of sp³-hybridized carbons (Fsp3) is 0. The summed E-state index contributed by atoms with van der Waals surface area (Å²) in [7, 11) is -1.39. The van der Waals surface area contributed by atoms with E-state index in [9.17, 15) is 0 Å². The van der Waals surface area contributed by atoms with Crippen molar-refractivity contribution in [1.29, 1.82) is 0 Å². The zero-order valence-electron chi connectivity index (χ0n) is 35.7. The third kappa shape index (κ3) is 12.8. The van der Waals surface area contributed by atoms with Crippen LogP contribution in [0.5, 0.6) is 0 Å². The summed E-state index contributed by atoms with van der Waals surface area (Å²) in [6.07, 6.45) is 0. The molecule has 8 nitrogen and oxygen atoms in total. The molecule has 0 aliphatic carbocycles. The first-order chi connectivity index (χ1) is 33.0. The first-order valence-electron chi connectivity index (χ1n) is 20.9. The first kappa shape index (κ1) is 47.7. The van der Waals surface area contributed by atoms with E-state index in [2.05, 4.69) is 39.2 Å². The Hall–Kier alpha value is -6.79. The van der Waals surface area contributed by atoms with Gasteiger partial charge in [0.2, 0.25) is 5.28 Å². The summed E-state index contributed by atoms with van der Waals surface area (Å²) in [5, 5.41) is 20.5. The van der Waals surface area contributed by atoms with E-state index in [4.69, 9.17) is 83.0 Å². The lowest BCUT2D eigenvalue weighted by Crippen LogP contribution is -2.29. The van der Waals surface area contributed by atoms with Crippen LogP contribution in [0.15, 0.2) is 206 Å². The Morgan fingerprint density at radius 3 is 0.853 bits per heavy atom. The molecule has 0 unspecified atom stereocenters. The second-order valence-electron chi connectivity index (χ2n) is 14.9. The van der Waals surface area contributed by atoms with E-state index < -0.39 is 7.12 Å². The minimum atomic E-state index is -1.39. The first-order valence-corrected chi connectivity index (χ1v) is 22.8. The molecule has 0 radical (unpaired) electrons. The maximum Gasteiger partial charge on any atom is 0.488 e. The second-order valence-corrected chi connectivity index (χ2v) is 17.0. The highest BCUT2D eigenvalue weighted by molar-refractivity contribution is 6.58. The van der Waals surface area contributed by atoms with Crippen molar-refractivity contribution < 1.29 is 10.0 Å². The molecule has 0 spiro atoms. The molecule has 2 heterocycles. The van der Waals surface area contributed by atoms with Gasteiger partial charge in [0.25, 0.3) is 0 Å². The van der Waals surface area contributed by atoms with E-state index in [1.54, 1.807) is 36.4 Å². The summed E-state index contributed by atoms with van der Waals surface area (Å²) in [6, 6.07) is 65.1. The Morgan fingerprint density at radius 1 is 0.265 bits per heavy atom. The summed E-state index contributed by atoms with van der Waals surface area (Å²) >= 11 is 30.4. The van der Waals surface area contributed by atoms with E-state index in [1.165, 1.54) is 0 Å². The molecule has 0 amide bonds. The maximum absolute atomic E-state index is 8.94. The van der Waals surface area contributed by atoms with E-state index in [0.717, 1.165) is 50.1 Å². The molecular formula is C54H36BCl5N6O2. The van der Waals surface area contributed by atoms with Gasteiger partial charge in [0, 0.05) is 47.9 Å². The summed E-state index contributed by atoms with van der Waals surface area (Å²) < 4.78 is 0. The molecule has 2 aromatic heterocycles. The molecule has 0 atom stereocenters. The van der Waals surface area contributed by atoms with Crippen molar-refractivity contribution in [3.05, 3.63) is 232 Å². The molecule has 0 saturated carbocycles. The number of aromatic nitrogens is 6. The molecule has 0 bridgehead atoms. The van der Waals surface area contributed by atoms with Crippen LogP contribution < -0.4 is 5.46 Å². The standard InChI is InChI=1S/C27H17Cl2N3.C15H8Cl3N3.C12H11BO2/c28-23-10-4-8-21(16-23)26-30-25(31-27(32-26)22-9-5-11-24(29)17-22)20-14-12-19(13-15-20)18-6-2-1-3-7-18;16-11-5-1-3-9(7-11)13-19-14(21-15(18)20-13)10-4-2-6-12(17)8-10;14-13(15)12-8-6-11(7-9-12)10-4-2-1-3-5-10/h1-17H;1-8H;1-9,14-15H. The number of hydrogen-bond acceptors (Lipinski definition) is 8. The molecule has 68 heavy (non-hydrogen) atoms. The summed E-state index contributed by atoms with van der Waals surface area (Å²) in [5.41, 5.74) is 9.09. The van der Waals surface area contributed by atoms with Crippen molar-refractivity contribution >= 4 is 70.6 Å². The van der Waals surface area contributed by atoms with Gasteiger partial charge < -0.3 is 10.0 Å². The molecule has 0 aliphatic heterocycles. The predicted octanol–water partition coefficient (Wildman–Crippen LogP) is 14.0. The molecule has 0 aliphatic rings. The van der Waals surface area contributed by atoms with Crippen LogP contribution in [0.3, 0.4) is 0 Å². The van der Waals surface area contributed by atoms with Crippen LogP contribution in [0.4, 0.5) is 0 Å². The van der Waals surface area contributed by atoms with Gasteiger partial charge in [-0.05, 0) is 87.8 Å². The lowest BCUT2D eigenvalue weighted by molar-refractivity contribution is 0.426. The zero-order valence-corrected chi connectivity index (χ0v) is 39.5. The van der Waals surface area contributed by atoms with Gasteiger partial charge in [-0.15, -0.1) is 0 Å². The third-order valence-electron chi connectivity index (χ3n) is 10.1. The highest BCUT2D eigenvalue weighted by atomic mass is 35.5.